The van der Waals surface area contributed by atoms with Crippen LogP contribution in [0.2, 0.25) is 0 Å². The Labute approximate surface area is 118 Å². The molecule has 4 nitrogen and oxygen atoms in total. The van der Waals surface area contributed by atoms with Crippen molar-refractivity contribution in [3.8, 4) is 5.75 Å². The van der Waals surface area contributed by atoms with E-state index in [1.165, 1.54) is 12.1 Å². The van der Waals surface area contributed by atoms with Crippen molar-refractivity contribution in [2.45, 2.75) is 31.9 Å². The topological polar surface area (TPSA) is 52.9 Å². The van der Waals surface area contributed by atoms with Crippen LogP contribution in [0, 0.1) is 5.82 Å². The summed E-state index contributed by atoms with van der Waals surface area (Å²) < 4.78 is 19.1. The van der Waals surface area contributed by atoms with Crippen LogP contribution in [0.15, 0.2) is 18.2 Å². The maximum atomic E-state index is 13.5. The normalized spacial score (nSPS) is 21.1. The Bertz CT molecular complexity index is 441. The summed E-state index contributed by atoms with van der Waals surface area (Å²) in [6.07, 6.45) is 1.16. The Hall–Kier alpha value is -1.17. The summed E-state index contributed by atoms with van der Waals surface area (Å²) in [5.41, 5.74) is 0.828. The zero-order valence-electron chi connectivity index (χ0n) is 11.8. The molecule has 5 heteroatoms. The zero-order chi connectivity index (χ0) is 14.5. The molecule has 1 aromatic carbocycles. The van der Waals surface area contributed by atoms with Gasteiger partial charge in [0.1, 0.15) is 24.3 Å². The van der Waals surface area contributed by atoms with Crippen LogP contribution in [-0.4, -0.2) is 47.5 Å². The third-order valence-electron chi connectivity index (χ3n) is 3.74. The largest absolute Gasteiger partial charge is 0.490 e. The van der Waals surface area contributed by atoms with E-state index in [0.717, 1.165) is 31.5 Å². The van der Waals surface area contributed by atoms with Crippen molar-refractivity contribution in [3.63, 3.8) is 0 Å². The molecule has 20 heavy (non-hydrogen) atoms. The van der Waals surface area contributed by atoms with Crippen molar-refractivity contribution in [2.24, 2.45) is 0 Å². The average molecular weight is 283 g/mol. The number of hydrogen-bond acceptors (Lipinski definition) is 4. The highest BCUT2D eigenvalue weighted by Crippen LogP contribution is 2.37. The molecule has 2 atom stereocenters. The number of aliphatic hydroxyl groups excluding tert-OH is 2. The van der Waals surface area contributed by atoms with Gasteiger partial charge in [-0.15, -0.1) is 0 Å². The lowest BCUT2D eigenvalue weighted by Crippen LogP contribution is -2.25. The van der Waals surface area contributed by atoms with Gasteiger partial charge in [-0.3, -0.25) is 4.90 Å². The fraction of sp³-hybridized carbons (Fsp3) is 0.600. The highest BCUT2D eigenvalue weighted by atomic mass is 19.1. The summed E-state index contributed by atoms with van der Waals surface area (Å²) in [5, 5.41) is 18.2. The molecule has 1 fully saturated rings. The maximum Gasteiger partial charge on any atom is 0.124 e. The van der Waals surface area contributed by atoms with Crippen molar-refractivity contribution < 1.29 is 19.3 Å². The molecule has 0 aromatic heterocycles. The van der Waals surface area contributed by atoms with Crippen LogP contribution in [0.5, 0.6) is 5.75 Å². The number of ether oxygens (including phenoxy) is 1. The SMILES string of the molecule is CCN1CCCC1c1cc(F)ccc1OCC(O)CO. The van der Waals surface area contributed by atoms with E-state index in [4.69, 9.17) is 9.84 Å². The van der Waals surface area contributed by atoms with Gasteiger partial charge < -0.3 is 14.9 Å². The lowest BCUT2D eigenvalue weighted by Gasteiger charge is -2.25. The minimum Gasteiger partial charge on any atom is -0.490 e. The molecule has 2 N–H and O–H groups in total. The van der Waals surface area contributed by atoms with E-state index >= 15 is 0 Å². The molecule has 0 radical (unpaired) electrons. The third-order valence-corrected chi connectivity index (χ3v) is 3.74. The first-order chi connectivity index (χ1) is 9.65. The van der Waals surface area contributed by atoms with Crippen molar-refractivity contribution in [1.82, 2.24) is 4.90 Å². The monoisotopic (exact) mass is 283 g/mol. The second-order valence-electron chi connectivity index (χ2n) is 5.12. The van der Waals surface area contributed by atoms with Crippen molar-refractivity contribution >= 4 is 0 Å². The standard InChI is InChI=1S/C15H22FNO3/c1-2-17-7-3-4-14(17)13-8-11(16)5-6-15(13)20-10-12(19)9-18/h5-6,8,12,14,18-19H,2-4,7,9-10H2,1H3. The summed E-state index contributed by atoms with van der Waals surface area (Å²) in [6, 6.07) is 4.63. The van der Waals surface area contributed by atoms with Crippen LogP contribution in [0.3, 0.4) is 0 Å². The van der Waals surface area contributed by atoms with E-state index in [9.17, 15) is 9.50 Å². The van der Waals surface area contributed by atoms with Gasteiger partial charge >= 0.3 is 0 Å². The van der Waals surface area contributed by atoms with E-state index < -0.39 is 6.10 Å². The van der Waals surface area contributed by atoms with Gasteiger partial charge in [-0.2, -0.15) is 0 Å². The number of nitrogens with zero attached hydrogens (tertiary/aromatic N) is 1. The second kappa shape index (κ2) is 7.02. The Morgan fingerprint density at radius 2 is 2.30 bits per heavy atom. The molecular weight excluding hydrogens is 261 g/mol. The minimum atomic E-state index is -0.918. The molecule has 0 saturated carbocycles. The molecule has 1 saturated heterocycles. The van der Waals surface area contributed by atoms with Crippen LogP contribution in [0.1, 0.15) is 31.4 Å². The Morgan fingerprint density at radius 3 is 3.00 bits per heavy atom. The molecule has 1 heterocycles. The molecule has 0 amide bonds. The van der Waals surface area contributed by atoms with Gasteiger partial charge in [0.25, 0.3) is 0 Å². The Balaban J connectivity index is 2.19. The molecule has 0 spiro atoms. The predicted molar refractivity (Wildman–Crippen MR) is 74.2 cm³/mol. The summed E-state index contributed by atoms with van der Waals surface area (Å²) in [6.45, 7) is 3.68. The molecule has 2 unspecified atom stereocenters. The van der Waals surface area contributed by atoms with E-state index in [0.29, 0.717) is 5.75 Å². The molecule has 2 rings (SSSR count). The number of likely N-dealkylation sites (tertiary alicyclic amines) is 1. The van der Waals surface area contributed by atoms with Crippen LogP contribution in [0.4, 0.5) is 4.39 Å². The summed E-state index contributed by atoms with van der Waals surface area (Å²) in [7, 11) is 0. The lowest BCUT2D eigenvalue weighted by molar-refractivity contribution is 0.0528. The Kier molecular flexibility index (Phi) is 5.34. The maximum absolute atomic E-state index is 13.5. The van der Waals surface area contributed by atoms with Gasteiger partial charge in [0.15, 0.2) is 0 Å². The first-order valence-corrected chi connectivity index (χ1v) is 7.11. The minimum absolute atomic E-state index is 0.00791. The first kappa shape index (κ1) is 15.2. The van der Waals surface area contributed by atoms with E-state index in [2.05, 4.69) is 11.8 Å². The summed E-state index contributed by atoms with van der Waals surface area (Å²) >= 11 is 0. The number of hydrogen-bond donors (Lipinski definition) is 2. The highest BCUT2D eigenvalue weighted by Gasteiger charge is 2.27. The second-order valence-corrected chi connectivity index (χ2v) is 5.12. The smallest absolute Gasteiger partial charge is 0.124 e. The van der Waals surface area contributed by atoms with Crippen molar-refractivity contribution in [2.75, 3.05) is 26.3 Å². The predicted octanol–water partition coefficient (Wildman–Crippen LogP) is 1.71. The number of halogens is 1. The molecular formula is C15H22FNO3. The molecule has 1 aromatic rings. The fourth-order valence-corrected chi connectivity index (χ4v) is 2.71. The number of aliphatic hydroxyl groups is 2. The summed E-state index contributed by atoms with van der Waals surface area (Å²) in [4.78, 5) is 2.30. The molecule has 1 aliphatic heterocycles. The average Bonchev–Trinajstić information content (AvgIpc) is 2.93. The number of benzene rings is 1. The van der Waals surface area contributed by atoms with Gasteiger partial charge in [0, 0.05) is 11.6 Å². The molecule has 0 bridgehead atoms. The fourth-order valence-electron chi connectivity index (χ4n) is 2.71. The van der Waals surface area contributed by atoms with Gasteiger partial charge in [0.2, 0.25) is 0 Å². The first-order valence-electron chi connectivity index (χ1n) is 7.11. The molecule has 0 aliphatic carbocycles. The van der Waals surface area contributed by atoms with Crippen molar-refractivity contribution in [1.29, 1.82) is 0 Å². The lowest BCUT2D eigenvalue weighted by atomic mass is 10.0. The van der Waals surface area contributed by atoms with Crippen LogP contribution >= 0.6 is 0 Å². The molecule has 112 valence electrons. The summed E-state index contributed by atoms with van der Waals surface area (Å²) in [5.74, 6) is 0.308. The van der Waals surface area contributed by atoms with E-state index in [1.54, 1.807) is 6.07 Å². The van der Waals surface area contributed by atoms with Gasteiger partial charge in [-0.25, -0.2) is 4.39 Å². The van der Waals surface area contributed by atoms with Gasteiger partial charge in [0.05, 0.1) is 6.61 Å². The van der Waals surface area contributed by atoms with Crippen LogP contribution in [-0.2, 0) is 0 Å². The van der Waals surface area contributed by atoms with Crippen LogP contribution < -0.4 is 4.74 Å². The van der Waals surface area contributed by atoms with Crippen molar-refractivity contribution in [3.05, 3.63) is 29.6 Å². The van der Waals surface area contributed by atoms with Gasteiger partial charge in [-0.05, 0) is 44.1 Å². The Morgan fingerprint density at radius 1 is 1.50 bits per heavy atom. The van der Waals surface area contributed by atoms with E-state index in [1.807, 2.05) is 0 Å². The number of rotatable bonds is 6. The quantitative estimate of drug-likeness (QED) is 0.834. The zero-order valence-corrected chi connectivity index (χ0v) is 11.8. The van der Waals surface area contributed by atoms with E-state index in [-0.39, 0.29) is 25.1 Å². The van der Waals surface area contributed by atoms with Gasteiger partial charge in [-0.1, -0.05) is 6.92 Å². The van der Waals surface area contributed by atoms with Crippen LogP contribution in [0.25, 0.3) is 0 Å². The molecule has 1 aliphatic rings. The highest BCUT2D eigenvalue weighted by molar-refractivity contribution is 5.37. The third kappa shape index (κ3) is 3.48.